The van der Waals surface area contributed by atoms with Crippen LogP contribution in [0, 0.1) is 0 Å². The molecule has 2 heterocycles. The molecule has 2 aliphatic heterocycles. The molecule has 0 aromatic carbocycles. The first-order valence-electron chi connectivity index (χ1n) is 9.02. The second-order valence-corrected chi connectivity index (χ2v) is 7.81. The summed E-state index contributed by atoms with van der Waals surface area (Å²) in [7, 11) is 3.97. The van der Waals surface area contributed by atoms with Crippen molar-refractivity contribution in [1.82, 2.24) is 20.0 Å². The Morgan fingerprint density at radius 1 is 1.12 bits per heavy atom. The largest absolute Gasteiger partial charge is 0.307 e. The average Bonchev–Trinajstić information content (AvgIpc) is 3.12. The van der Waals surface area contributed by atoms with E-state index < -0.39 is 18.6 Å². The molecule has 7 heteroatoms. The molecule has 5 atom stereocenters. The molecule has 24 heavy (non-hydrogen) atoms. The van der Waals surface area contributed by atoms with Gasteiger partial charge in [-0.15, -0.1) is 0 Å². The molecule has 0 bridgehead atoms. The molecule has 2 unspecified atom stereocenters. The van der Waals surface area contributed by atoms with E-state index in [4.69, 9.17) is 0 Å². The summed E-state index contributed by atoms with van der Waals surface area (Å²) in [5.41, 5.74) is 0. The lowest BCUT2D eigenvalue weighted by Gasteiger charge is -2.33. The SMILES string of the molecule is CC(CN1C[C@@H](F)[C@@H](N(C)C(C)C)C1)N(C)[C@H]1CNC(C(F)F)C1. The zero-order valence-corrected chi connectivity index (χ0v) is 15.6. The number of likely N-dealkylation sites (tertiary alicyclic amines) is 1. The molecule has 2 saturated heterocycles. The summed E-state index contributed by atoms with van der Waals surface area (Å²) in [4.78, 5) is 6.44. The Morgan fingerprint density at radius 3 is 2.33 bits per heavy atom. The molecule has 1 N–H and O–H groups in total. The molecule has 2 rings (SSSR count). The van der Waals surface area contributed by atoms with E-state index in [0.29, 0.717) is 25.6 Å². The molecule has 0 aromatic heterocycles. The van der Waals surface area contributed by atoms with Crippen LogP contribution in [0.3, 0.4) is 0 Å². The van der Waals surface area contributed by atoms with Gasteiger partial charge in [-0.3, -0.25) is 14.7 Å². The van der Waals surface area contributed by atoms with Gasteiger partial charge in [-0.2, -0.15) is 0 Å². The number of hydrogen-bond acceptors (Lipinski definition) is 4. The van der Waals surface area contributed by atoms with Crippen LogP contribution in [-0.4, -0.2) is 97.8 Å². The lowest BCUT2D eigenvalue weighted by atomic mass is 10.1. The van der Waals surface area contributed by atoms with E-state index in [1.54, 1.807) is 0 Å². The first-order chi connectivity index (χ1) is 11.2. The van der Waals surface area contributed by atoms with Gasteiger partial charge in [-0.1, -0.05) is 0 Å². The van der Waals surface area contributed by atoms with Crippen LogP contribution in [0.4, 0.5) is 13.2 Å². The quantitative estimate of drug-likeness (QED) is 0.754. The Hall–Kier alpha value is -0.370. The predicted octanol–water partition coefficient (Wildman–Crippen LogP) is 1.66. The molecule has 0 amide bonds. The van der Waals surface area contributed by atoms with Gasteiger partial charge in [0.15, 0.2) is 0 Å². The molecule has 4 nitrogen and oxygen atoms in total. The fourth-order valence-corrected chi connectivity index (χ4v) is 3.85. The van der Waals surface area contributed by atoms with Crippen molar-refractivity contribution in [3.63, 3.8) is 0 Å². The second kappa shape index (κ2) is 8.34. The van der Waals surface area contributed by atoms with Crippen molar-refractivity contribution < 1.29 is 13.2 Å². The Balaban J connectivity index is 1.83. The molecule has 0 aliphatic carbocycles. The average molecular weight is 350 g/mol. The zero-order chi connectivity index (χ0) is 18.0. The molecular weight excluding hydrogens is 317 g/mol. The molecular formula is C17H33F3N4. The van der Waals surface area contributed by atoms with Crippen LogP contribution in [0.5, 0.6) is 0 Å². The third-order valence-corrected chi connectivity index (χ3v) is 5.87. The van der Waals surface area contributed by atoms with Crippen molar-refractivity contribution in [2.45, 2.75) is 70.0 Å². The van der Waals surface area contributed by atoms with Crippen LogP contribution in [0.25, 0.3) is 0 Å². The zero-order valence-electron chi connectivity index (χ0n) is 15.6. The predicted molar refractivity (Wildman–Crippen MR) is 91.4 cm³/mol. The maximum absolute atomic E-state index is 14.4. The Bertz CT molecular complexity index is 396. The molecule has 142 valence electrons. The van der Waals surface area contributed by atoms with Gasteiger partial charge < -0.3 is 5.32 Å². The van der Waals surface area contributed by atoms with E-state index in [1.165, 1.54) is 0 Å². The van der Waals surface area contributed by atoms with E-state index >= 15 is 0 Å². The van der Waals surface area contributed by atoms with Crippen molar-refractivity contribution in [1.29, 1.82) is 0 Å². The number of halogens is 3. The third-order valence-electron chi connectivity index (χ3n) is 5.87. The normalized spacial score (nSPS) is 33.5. The van der Waals surface area contributed by atoms with E-state index in [9.17, 15) is 13.2 Å². The summed E-state index contributed by atoms with van der Waals surface area (Å²) in [5.74, 6) is 0. The Labute approximate surface area is 144 Å². The van der Waals surface area contributed by atoms with Crippen LogP contribution in [0.15, 0.2) is 0 Å². The monoisotopic (exact) mass is 350 g/mol. The van der Waals surface area contributed by atoms with Gasteiger partial charge in [0.1, 0.15) is 6.17 Å². The minimum Gasteiger partial charge on any atom is -0.307 e. The van der Waals surface area contributed by atoms with E-state index in [2.05, 4.69) is 40.8 Å². The minimum absolute atomic E-state index is 0.0566. The number of nitrogens with zero attached hydrogens (tertiary/aromatic N) is 3. The number of nitrogens with one attached hydrogen (secondary N) is 1. The maximum Gasteiger partial charge on any atom is 0.253 e. The van der Waals surface area contributed by atoms with Gasteiger partial charge in [0.05, 0.1) is 12.1 Å². The van der Waals surface area contributed by atoms with Gasteiger partial charge in [-0.05, 0) is 41.3 Å². The first kappa shape index (κ1) is 19.9. The molecule has 2 aliphatic rings. The third kappa shape index (κ3) is 4.62. The lowest BCUT2D eigenvalue weighted by Crippen LogP contribution is -2.46. The van der Waals surface area contributed by atoms with Crippen molar-refractivity contribution in [2.24, 2.45) is 0 Å². The van der Waals surface area contributed by atoms with E-state index in [1.807, 2.05) is 14.1 Å². The molecule has 0 saturated carbocycles. The smallest absolute Gasteiger partial charge is 0.253 e. The Morgan fingerprint density at radius 2 is 1.79 bits per heavy atom. The summed E-state index contributed by atoms with van der Waals surface area (Å²) >= 11 is 0. The van der Waals surface area contributed by atoms with Gasteiger partial charge in [0.2, 0.25) is 0 Å². The highest BCUT2D eigenvalue weighted by atomic mass is 19.3. The standard InChI is InChI=1S/C17H33F3N4/c1-11(2)22(4)16-10-24(9-14(16)18)8-12(3)23(5)13-6-15(17(19)20)21-7-13/h11-17,21H,6-10H2,1-5H3/t12?,13-,14-,15?,16+/m1/s1. The number of alkyl halides is 3. The van der Waals surface area contributed by atoms with Crippen LogP contribution >= 0.6 is 0 Å². The highest BCUT2D eigenvalue weighted by molar-refractivity contribution is 4.94. The maximum atomic E-state index is 14.4. The summed E-state index contributed by atoms with van der Waals surface area (Å²) in [5, 5.41) is 2.91. The highest BCUT2D eigenvalue weighted by Gasteiger charge is 2.38. The van der Waals surface area contributed by atoms with Gasteiger partial charge in [0.25, 0.3) is 6.43 Å². The van der Waals surface area contributed by atoms with E-state index in [0.717, 1.165) is 13.1 Å². The lowest BCUT2D eigenvalue weighted by molar-refractivity contribution is 0.0982. The second-order valence-electron chi connectivity index (χ2n) is 7.81. The number of hydrogen-bond donors (Lipinski definition) is 1. The van der Waals surface area contributed by atoms with Crippen LogP contribution in [-0.2, 0) is 0 Å². The van der Waals surface area contributed by atoms with Crippen molar-refractivity contribution in [3.8, 4) is 0 Å². The van der Waals surface area contributed by atoms with Crippen molar-refractivity contribution in [3.05, 3.63) is 0 Å². The highest BCUT2D eigenvalue weighted by Crippen LogP contribution is 2.23. The summed E-state index contributed by atoms with van der Waals surface area (Å²) in [6.07, 6.45) is -2.66. The van der Waals surface area contributed by atoms with Crippen LogP contribution in [0.1, 0.15) is 27.2 Å². The molecule has 0 radical (unpaired) electrons. The number of rotatable bonds is 7. The fraction of sp³-hybridized carbons (Fsp3) is 1.00. The van der Waals surface area contributed by atoms with Crippen molar-refractivity contribution in [2.75, 3.05) is 40.3 Å². The topological polar surface area (TPSA) is 21.8 Å². The molecule has 2 fully saturated rings. The van der Waals surface area contributed by atoms with Gasteiger partial charge >= 0.3 is 0 Å². The van der Waals surface area contributed by atoms with Crippen LogP contribution < -0.4 is 5.32 Å². The van der Waals surface area contributed by atoms with E-state index in [-0.39, 0.29) is 18.1 Å². The van der Waals surface area contributed by atoms with Crippen molar-refractivity contribution >= 4 is 0 Å². The molecule has 0 aromatic rings. The van der Waals surface area contributed by atoms with Gasteiger partial charge in [-0.25, -0.2) is 13.2 Å². The summed E-state index contributed by atoms with van der Waals surface area (Å²) < 4.78 is 39.9. The first-order valence-corrected chi connectivity index (χ1v) is 9.02. The minimum atomic E-state index is -2.31. The fourth-order valence-electron chi connectivity index (χ4n) is 3.85. The summed E-state index contributed by atoms with van der Waals surface area (Å²) in [6, 6.07) is -0.0980. The number of likely N-dealkylation sites (N-methyl/N-ethyl adjacent to an activating group) is 2. The summed E-state index contributed by atoms with van der Waals surface area (Å²) in [6.45, 7) is 8.83. The van der Waals surface area contributed by atoms with Gasteiger partial charge in [0, 0.05) is 44.3 Å². The Kier molecular flexibility index (Phi) is 6.93. The van der Waals surface area contributed by atoms with Crippen LogP contribution in [0.2, 0.25) is 0 Å². The molecule has 0 spiro atoms.